The molecule has 0 aromatic heterocycles. The summed E-state index contributed by atoms with van der Waals surface area (Å²) in [5.41, 5.74) is 0.577. The lowest BCUT2D eigenvalue weighted by molar-refractivity contribution is -0.140. The number of carbonyl (C=O) groups excluding carboxylic acids is 2. The number of halogens is 2. The summed E-state index contributed by atoms with van der Waals surface area (Å²) in [5.74, 6) is -0.353. The molecule has 9 nitrogen and oxygen atoms in total. The second kappa shape index (κ2) is 14.5. The van der Waals surface area contributed by atoms with Crippen LogP contribution in [0.15, 0.2) is 36.4 Å². The highest BCUT2D eigenvalue weighted by molar-refractivity contribution is 7.92. The van der Waals surface area contributed by atoms with Gasteiger partial charge in [0.25, 0.3) is 0 Å². The SMILES string of the molecule is CCCCNC(=O)[C@H](CC)N(Cc1c(Cl)cccc1Cl)C(=O)CN(c1cc(OC)ccc1OC)S(C)(=O)=O. The number of sulfonamides is 1. The number of unbranched alkanes of at least 4 members (excludes halogenated alkanes) is 1. The van der Waals surface area contributed by atoms with Gasteiger partial charge in [0.15, 0.2) is 0 Å². The average Bonchev–Trinajstić information content (AvgIpc) is 2.87. The number of hydrogen-bond donors (Lipinski definition) is 1. The Labute approximate surface area is 235 Å². The van der Waals surface area contributed by atoms with E-state index in [9.17, 15) is 18.0 Å². The molecule has 38 heavy (non-hydrogen) atoms. The van der Waals surface area contributed by atoms with Crippen LogP contribution in [0, 0.1) is 0 Å². The van der Waals surface area contributed by atoms with Crippen molar-refractivity contribution >= 4 is 50.7 Å². The molecule has 2 aromatic carbocycles. The summed E-state index contributed by atoms with van der Waals surface area (Å²) in [5, 5.41) is 3.52. The Balaban J connectivity index is 2.55. The lowest BCUT2D eigenvalue weighted by atomic mass is 10.1. The third-order valence-electron chi connectivity index (χ3n) is 5.94. The highest BCUT2D eigenvalue weighted by Gasteiger charge is 2.33. The van der Waals surface area contributed by atoms with Crippen LogP contribution in [0.25, 0.3) is 0 Å². The number of nitrogens with zero attached hydrogens (tertiary/aromatic N) is 2. The maximum atomic E-state index is 13.9. The fourth-order valence-corrected chi connectivity index (χ4v) is 5.23. The smallest absolute Gasteiger partial charge is 0.244 e. The maximum Gasteiger partial charge on any atom is 0.244 e. The van der Waals surface area contributed by atoms with Crippen molar-refractivity contribution in [3.63, 3.8) is 0 Å². The van der Waals surface area contributed by atoms with Crippen LogP contribution in [-0.4, -0.2) is 64.7 Å². The molecule has 1 N–H and O–H groups in total. The molecule has 0 spiro atoms. The van der Waals surface area contributed by atoms with Crippen molar-refractivity contribution in [1.82, 2.24) is 10.2 Å². The minimum Gasteiger partial charge on any atom is -0.497 e. The highest BCUT2D eigenvalue weighted by atomic mass is 35.5. The van der Waals surface area contributed by atoms with Crippen LogP contribution in [0.4, 0.5) is 5.69 Å². The van der Waals surface area contributed by atoms with Gasteiger partial charge in [0, 0.05) is 34.8 Å². The molecule has 12 heteroatoms. The summed E-state index contributed by atoms with van der Waals surface area (Å²) in [4.78, 5) is 28.3. The third-order valence-corrected chi connectivity index (χ3v) is 7.77. The number of methoxy groups -OCH3 is 2. The highest BCUT2D eigenvalue weighted by Crippen LogP contribution is 2.34. The maximum absolute atomic E-state index is 13.9. The normalized spacial score (nSPS) is 12.0. The predicted octanol–water partition coefficient (Wildman–Crippen LogP) is 4.50. The van der Waals surface area contributed by atoms with E-state index in [1.807, 2.05) is 6.92 Å². The van der Waals surface area contributed by atoms with Gasteiger partial charge >= 0.3 is 0 Å². The average molecular weight is 589 g/mol. The van der Waals surface area contributed by atoms with E-state index in [-0.39, 0.29) is 30.3 Å². The van der Waals surface area contributed by atoms with E-state index in [1.54, 1.807) is 37.3 Å². The summed E-state index contributed by atoms with van der Waals surface area (Å²) in [6.45, 7) is 3.55. The molecule has 0 aliphatic carbocycles. The van der Waals surface area contributed by atoms with Crippen molar-refractivity contribution in [2.75, 3.05) is 37.9 Å². The first-order valence-electron chi connectivity index (χ1n) is 12.2. The van der Waals surface area contributed by atoms with Gasteiger partial charge in [-0.1, -0.05) is 49.5 Å². The van der Waals surface area contributed by atoms with Crippen molar-refractivity contribution in [2.45, 2.75) is 45.7 Å². The second-order valence-corrected chi connectivity index (χ2v) is 11.3. The zero-order valence-corrected chi connectivity index (χ0v) is 24.6. The molecule has 0 saturated carbocycles. The molecule has 2 rings (SSSR count). The zero-order chi connectivity index (χ0) is 28.5. The van der Waals surface area contributed by atoms with Crippen LogP contribution in [0.3, 0.4) is 0 Å². The van der Waals surface area contributed by atoms with Gasteiger partial charge in [0.05, 0.1) is 26.2 Å². The molecule has 1 atom stereocenters. The van der Waals surface area contributed by atoms with Crippen LogP contribution in [0.2, 0.25) is 10.0 Å². The Morgan fingerprint density at radius 1 is 1.05 bits per heavy atom. The van der Waals surface area contributed by atoms with Gasteiger partial charge in [0.1, 0.15) is 24.1 Å². The minimum absolute atomic E-state index is 0.0934. The first-order chi connectivity index (χ1) is 18.0. The van der Waals surface area contributed by atoms with Crippen molar-refractivity contribution in [3.8, 4) is 11.5 Å². The monoisotopic (exact) mass is 587 g/mol. The first kappa shape index (κ1) is 31.5. The standard InChI is InChI=1S/C26H35Cl2N3O6S/c1-6-8-14-29-26(33)22(7-2)30(16-19-20(27)10-9-11-21(19)28)25(32)17-31(38(5,34)35)23-15-18(36-3)12-13-24(23)37-4/h9-13,15,22H,6-8,14,16-17H2,1-5H3,(H,29,33)/t22-/m0/s1. The molecular weight excluding hydrogens is 553 g/mol. The molecule has 0 heterocycles. The molecule has 0 bridgehead atoms. The van der Waals surface area contributed by atoms with E-state index < -0.39 is 28.5 Å². The van der Waals surface area contributed by atoms with Crippen LogP contribution in [0.5, 0.6) is 11.5 Å². The zero-order valence-electron chi connectivity index (χ0n) is 22.3. The first-order valence-corrected chi connectivity index (χ1v) is 14.8. The Hall–Kier alpha value is -2.69. The van der Waals surface area contributed by atoms with E-state index in [2.05, 4.69) is 5.32 Å². The Morgan fingerprint density at radius 3 is 2.24 bits per heavy atom. The molecule has 210 valence electrons. The van der Waals surface area contributed by atoms with Gasteiger partial charge in [-0.3, -0.25) is 13.9 Å². The predicted molar refractivity (Wildman–Crippen MR) is 151 cm³/mol. The number of carbonyl (C=O) groups is 2. The number of ether oxygens (including phenoxy) is 2. The summed E-state index contributed by atoms with van der Waals surface area (Å²) in [6, 6.07) is 8.69. The molecule has 0 unspecified atom stereocenters. The van der Waals surface area contributed by atoms with Gasteiger partial charge in [0.2, 0.25) is 21.8 Å². The van der Waals surface area contributed by atoms with E-state index in [0.29, 0.717) is 27.9 Å². The number of nitrogens with one attached hydrogen (secondary N) is 1. The van der Waals surface area contributed by atoms with Crippen molar-refractivity contribution in [3.05, 3.63) is 52.0 Å². The topological polar surface area (TPSA) is 105 Å². The summed E-state index contributed by atoms with van der Waals surface area (Å²) < 4.78 is 37.4. The molecule has 0 fully saturated rings. The van der Waals surface area contributed by atoms with E-state index >= 15 is 0 Å². The molecule has 0 radical (unpaired) electrons. The van der Waals surface area contributed by atoms with E-state index in [0.717, 1.165) is 23.4 Å². The molecule has 2 amide bonds. The van der Waals surface area contributed by atoms with Crippen LogP contribution >= 0.6 is 23.2 Å². The molecule has 2 aromatic rings. The number of rotatable bonds is 14. The molecule has 0 aliphatic rings. The molecule has 0 saturated heterocycles. The third kappa shape index (κ3) is 8.15. The van der Waals surface area contributed by atoms with E-state index in [1.165, 1.54) is 25.2 Å². The summed E-state index contributed by atoms with van der Waals surface area (Å²) in [7, 11) is -1.13. The lowest BCUT2D eigenvalue weighted by Gasteiger charge is -2.33. The number of amides is 2. The summed E-state index contributed by atoms with van der Waals surface area (Å²) >= 11 is 12.8. The Morgan fingerprint density at radius 2 is 1.71 bits per heavy atom. The fourth-order valence-electron chi connectivity index (χ4n) is 3.87. The number of benzene rings is 2. The number of anilines is 1. The Bertz CT molecular complexity index is 1210. The fraction of sp³-hybridized carbons (Fsp3) is 0.462. The second-order valence-electron chi connectivity index (χ2n) is 8.60. The molecule has 0 aliphatic heterocycles. The van der Waals surface area contributed by atoms with E-state index in [4.69, 9.17) is 32.7 Å². The van der Waals surface area contributed by atoms with Crippen molar-refractivity contribution in [1.29, 1.82) is 0 Å². The van der Waals surface area contributed by atoms with Crippen LogP contribution < -0.4 is 19.1 Å². The minimum atomic E-state index is -3.97. The van der Waals surface area contributed by atoms with Crippen LogP contribution in [0.1, 0.15) is 38.7 Å². The van der Waals surface area contributed by atoms with Gasteiger partial charge in [-0.2, -0.15) is 0 Å². The Kier molecular flexibility index (Phi) is 12.0. The quantitative estimate of drug-likeness (QED) is 0.326. The van der Waals surface area contributed by atoms with Crippen molar-refractivity contribution < 1.29 is 27.5 Å². The lowest BCUT2D eigenvalue weighted by Crippen LogP contribution is -2.52. The molecular formula is C26H35Cl2N3O6S. The van der Waals surface area contributed by atoms with Crippen molar-refractivity contribution in [2.24, 2.45) is 0 Å². The van der Waals surface area contributed by atoms with Gasteiger partial charge in [-0.25, -0.2) is 8.42 Å². The van der Waals surface area contributed by atoms with Gasteiger partial charge in [-0.05, 0) is 37.1 Å². The largest absolute Gasteiger partial charge is 0.497 e. The van der Waals surface area contributed by atoms with Gasteiger partial charge in [-0.15, -0.1) is 0 Å². The summed E-state index contributed by atoms with van der Waals surface area (Å²) in [6.07, 6.45) is 2.95. The number of hydrogen-bond acceptors (Lipinski definition) is 6. The van der Waals surface area contributed by atoms with Crippen LogP contribution in [-0.2, 0) is 26.2 Å². The van der Waals surface area contributed by atoms with Gasteiger partial charge < -0.3 is 19.7 Å².